The lowest BCUT2D eigenvalue weighted by atomic mass is 10.0. The maximum absolute atomic E-state index is 12.7. The number of carbonyl (C=O) groups excluding carboxylic acids is 1. The highest BCUT2D eigenvalue weighted by molar-refractivity contribution is 5.83. The van der Waals surface area contributed by atoms with E-state index in [1.54, 1.807) is 7.11 Å². The number of pyridine rings is 1. The number of anilines is 1. The zero-order chi connectivity index (χ0) is 17.2. The average Bonchev–Trinajstić information content (AvgIpc) is 3.17. The molecule has 2 aromatic rings. The summed E-state index contributed by atoms with van der Waals surface area (Å²) in [6.07, 6.45) is 4.49. The predicted molar refractivity (Wildman–Crippen MR) is 99.0 cm³/mol. The number of nitrogens with zero attached hydrogens (tertiary/aromatic N) is 3. The summed E-state index contributed by atoms with van der Waals surface area (Å²) in [4.78, 5) is 21.8. The minimum atomic E-state index is 0.117. The summed E-state index contributed by atoms with van der Waals surface area (Å²) in [6, 6.07) is 10.1. The van der Waals surface area contributed by atoms with Crippen LogP contribution in [-0.2, 0) is 4.79 Å². The van der Waals surface area contributed by atoms with Gasteiger partial charge in [0.2, 0.25) is 5.91 Å². The Morgan fingerprint density at radius 3 is 2.76 bits per heavy atom. The van der Waals surface area contributed by atoms with Crippen LogP contribution in [0.1, 0.15) is 25.7 Å². The molecular formula is C20H25N3O2. The molecular weight excluding hydrogens is 314 g/mol. The molecule has 1 aromatic heterocycles. The number of rotatable bonds is 3. The molecule has 0 bridgehead atoms. The third-order valence-electron chi connectivity index (χ3n) is 5.41. The van der Waals surface area contributed by atoms with Gasteiger partial charge in [-0.1, -0.05) is 0 Å². The summed E-state index contributed by atoms with van der Waals surface area (Å²) in [6.45, 7) is 3.56. The second kappa shape index (κ2) is 6.90. The van der Waals surface area contributed by atoms with Crippen LogP contribution in [-0.4, -0.2) is 49.1 Å². The summed E-state index contributed by atoms with van der Waals surface area (Å²) in [7, 11) is 1.67. The van der Waals surface area contributed by atoms with Crippen LogP contribution in [0.2, 0.25) is 0 Å². The van der Waals surface area contributed by atoms with Crippen LogP contribution in [0.25, 0.3) is 10.9 Å². The van der Waals surface area contributed by atoms with E-state index in [1.165, 1.54) is 6.42 Å². The largest absolute Gasteiger partial charge is 0.497 e. The fourth-order valence-corrected chi connectivity index (χ4v) is 3.94. The molecule has 25 heavy (non-hydrogen) atoms. The van der Waals surface area contributed by atoms with Crippen LogP contribution in [0.15, 0.2) is 30.3 Å². The second-order valence-corrected chi connectivity index (χ2v) is 7.05. The summed E-state index contributed by atoms with van der Waals surface area (Å²) in [5, 5.41) is 1.07. The highest BCUT2D eigenvalue weighted by atomic mass is 16.5. The van der Waals surface area contributed by atoms with Gasteiger partial charge in [0.1, 0.15) is 11.6 Å². The van der Waals surface area contributed by atoms with Crippen molar-refractivity contribution in [2.45, 2.75) is 25.7 Å². The van der Waals surface area contributed by atoms with Crippen LogP contribution < -0.4 is 9.64 Å². The van der Waals surface area contributed by atoms with Crippen molar-refractivity contribution in [3.05, 3.63) is 30.3 Å². The number of methoxy groups -OCH3 is 1. The molecule has 5 heteroatoms. The van der Waals surface area contributed by atoms with Crippen molar-refractivity contribution in [2.75, 3.05) is 38.2 Å². The number of ether oxygens (including phenoxy) is 1. The van der Waals surface area contributed by atoms with Crippen molar-refractivity contribution in [3.8, 4) is 5.75 Å². The number of carbonyl (C=O) groups is 1. The maximum Gasteiger partial charge on any atom is 0.227 e. The monoisotopic (exact) mass is 339 g/mol. The molecule has 2 aliphatic heterocycles. The highest BCUT2D eigenvalue weighted by Crippen LogP contribution is 2.27. The Kier molecular flexibility index (Phi) is 4.47. The Labute approximate surface area is 148 Å². The zero-order valence-corrected chi connectivity index (χ0v) is 14.8. The third-order valence-corrected chi connectivity index (χ3v) is 5.41. The van der Waals surface area contributed by atoms with Crippen molar-refractivity contribution in [3.63, 3.8) is 0 Å². The number of piperidine rings is 1. The lowest BCUT2D eigenvalue weighted by molar-refractivity contribution is -0.135. The Morgan fingerprint density at radius 2 is 1.96 bits per heavy atom. The first-order chi connectivity index (χ1) is 12.2. The number of aromatic nitrogens is 1. The molecule has 4 rings (SSSR count). The fraction of sp³-hybridized carbons (Fsp3) is 0.500. The molecule has 0 radical (unpaired) electrons. The van der Waals surface area contributed by atoms with Crippen LogP contribution >= 0.6 is 0 Å². The number of fused-ring (bicyclic) bond motifs is 1. The molecule has 1 amide bonds. The normalized spacial score (nSPS) is 20.9. The van der Waals surface area contributed by atoms with Crippen molar-refractivity contribution < 1.29 is 9.53 Å². The fourth-order valence-electron chi connectivity index (χ4n) is 3.94. The molecule has 0 spiro atoms. The quantitative estimate of drug-likeness (QED) is 0.862. The van der Waals surface area contributed by atoms with Gasteiger partial charge in [-0.25, -0.2) is 4.98 Å². The predicted octanol–water partition coefficient (Wildman–Crippen LogP) is 3.08. The van der Waals surface area contributed by atoms with Crippen LogP contribution in [0.5, 0.6) is 5.75 Å². The van der Waals surface area contributed by atoms with E-state index >= 15 is 0 Å². The van der Waals surface area contributed by atoms with Gasteiger partial charge in [0, 0.05) is 31.6 Å². The van der Waals surface area contributed by atoms with Gasteiger partial charge < -0.3 is 14.5 Å². The van der Waals surface area contributed by atoms with E-state index < -0.39 is 0 Å². The first kappa shape index (κ1) is 16.2. The van der Waals surface area contributed by atoms with Gasteiger partial charge in [0.25, 0.3) is 0 Å². The molecule has 1 unspecified atom stereocenters. The van der Waals surface area contributed by atoms with E-state index in [9.17, 15) is 4.79 Å². The topological polar surface area (TPSA) is 45.7 Å². The van der Waals surface area contributed by atoms with E-state index in [1.807, 2.05) is 18.2 Å². The molecule has 3 heterocycles. The molecule has 0 aliphatic carbocycles. The molecule has 2 fully saturated rings. The Balaban J connectivity index is 1.47. The summed E-state index contributed by atoms with van der Waals surface area (Å²) < 4.78 is 5.27. The standard InChI is InChI=1S/C20H25N3O2/c1-25-17-6-7-18-15(13-17)5-8-19(21-18)23-12-9-16(14-23)20(24)22-10-3-2-4-11-22/h5-8,13,16H,2-4,9-12,14H2,1H3. The minimum absolute atomic E-state index is 0.117. The molecule has 0 N–H and O–H groups in total. The SMILES string of the molecule is COc1ccc2nc(N3CCC(C(=O)N4CCCCC4)C3)ccc2c1. The maximum atomic E-state index is 12.7. The van der Waals surface area contributed by atoms with Crippen LogP contribution in [0.4, 0.5) is 5.82 Å². The zero-order valence-electron chi connectivity index (χ0n) is 14.8. The first-order valence-electron chi connectivity index (χ1n) is 9.23. The smallest absolute Gasteiger partial charge is 0.227 e. The number of hydrogen-bond donors (Lipinski definition) is 0. The van der Waals surface area contributed by atoms with Crippen LogP contribution in [0.3, 0.4) is 0 Å². The molecule has 5 nitrogen and oxygen atoms in total. The lowest BCUT2D eigenvalue weighted by Crippen LogP contribution is -2.40. The first-order valence-corrected chi connectivity index (χ1v) is 9.23. The third kappa shape index (κ3) is 3.28. The second-order valence-electron chi connectivity index (χ2n) is 7.05. The molecule has 1 atom stereocenters. The van der Waals surface area contributed by atoms with Gasteiger partial charge in [0.05, 0.1) is 18.5 Å². The Morgan fingerprint density at radius 1 is 1.12 bits per heavy atom. The summed E-state index contributed by atoms with van der Waals surface area (Å²) in [5.41, 5.74) is 0.962. The van der Waals surface area contributed by atoms with Gasteiger partial charge in [0.15, 0.2) is 0 Å². The Bertz CT molecular complexity index is 771. The van der Waals surface area contributed by atoms with Gasteiger partial charge in [-0.05, 0) is 56.0 Å². The number of hydrogen-bond acceptors (Lipinski definition) is 4. The van der Waals surface area contributed by atoms with E-state index in [4.69, 9.17) is 9.72 Å². The van der Waals surface area contributed by atoms with Crippen molar-refractivity contribution >= 4 is 22.6 Å². The van der Waals surface area contributed by atoms with Gasteiger partial charge >= 0.3 is 0 Å². The van der Waals surface area contributed by atoms with E-state index in [2.05, 4.69) is 21.9 Å². The average molecular weight is 339 g/mol. The van der Waals surface area contributed by atoms with E-state index in [-0.39, 0.29) is 5.92 Å². The van der Waals surface area contributed by atoms with Gasteiger partial charge in [-0.2, -0.15) is 0 Å². The van der Waals surface area contributed by atoms with Gasteiger partial charge in [-0.15, -0.1) is 0 Å². The molecule has 2 saturated heterocycles. The highest BCUT2D eigenvalue weighted by Gasteiger charge is 2.32. The van der Waals surface area contributed by atoms with Crippen molar-refractivity contribution in [1.29, 1.82) is 0 Å². The molecule has 1 aromatic carbocycles. The lowest BCUT2D eigenvalue weighted by Gasteiger charge is -2.29. The minimum Gasteiger partial charge on any atom is -0.497 e. The molecule has 132 valence electrons. The molecule has 2 aliphatic rings. The van der Waals surface area contributed by atoms with Crippen molar-refractivity contribution in [1.82, 2.24) is 9.88 Å². The number of likely N-dealkylation sites (tertiary alicyclic amines) is 1. The van der Waals surface area contributed by atoms with Crippen LogP contribution in [0, 0.1) is 5.92 Å². The van der Waals surface area contributed by atoms with Gasteiger partial charge in [-0.3, -0.25) is 4.79 Å². The van der Waals surface area contributed by atoms with E-state index in [0.717, 1.165) is 67.9 Å². The number of amides is 1. The van der Waals surface area contributed by atoms with Crippen molar-refractivity contribution in [2.24, 2.45) is 5.92 Å². The Hall–Kier alpha value is -2.30. The summed E-state index contributed by atoms with van der Waals surface area (Å²) in [5.74, 6) is 2.27. The summed E-state index contributed by atoms with van der Waals surface area (Å²) >= 11 is 0. The molecule has 0 saturated carbocycles. The van der Waals surface area contributed by atoms with E-state index in [0.29, 0.717) is 5.91 Å². The number of benzene rings is 1.